The second-order valence-electron chi connectivity index (χ2n) is 5.87. The number of rotatable bonds is 2. The van der Waals surface area contributed by atoms with Crippen LogP contribution in [0.2, 0.25) is 0 Å². The smallest absolute Gasteiger partial charge is 0.335 e. The third kappa shape index (κ3) is 1.78. The lowest BCUT2D eigenvalue weighted by Gasteiger charge is -2.50. The van der Waals surface area contributed by atoms with Crippen molar-refractivity contribution in [2.45, 2.75) is 32.6 Å². The summed E-state index contributed by atoms with van der Waals surface area (Å²) >= 11 is 0. The largest absolute Gasteiger partial charge is 0.478 e. The van der Waals surface area contributed by atoms with Crippen LogP contribution in [-0.4, -0.2) is 24.2 Å². The molecule has 1 aromatic rings. The number of nitrogens with zero attached hydrogens (tertiary/aromatic N) is 1. The minimum absolute atomic E-state index is 0.382. The van der Waals surface area contributed by atoms with Crippen LogP contribution in [0.5, 0.6) is 0 Å². The average molecular weight is 245 g/mol. The van der Waals surface area contributed by atoms with Gasteiger partial charge in [-0.1, -0.05) is 12.8 Å². The van der Waals surface area contributed by atoms with Crippen molar-refractivity contribution in [2.24, 2.45) is 5.41 Å². The Hall–Kier alpha value is -1.51. The van der Waals surface area contributed by atoms with E-state index in [1.165, 1.54) is 31.4 Å². The Balaban J connectivity index is 1.76. The number of hydrogen-bond donors (Lipinski definition) is 1. The van der Waals surface area contributed by atoms with Crippen LogP contribution in [-0.2, 0) is 0 Å². The van der Waals surface area contributed by atoms with Gasteiger partial charge in [-0.2, -0.15) is 0 Å². The Morgan fingerprint density at radius 2 is 1.94 bits per heavy atom. The summed E-state index contributed by atoms with van der Waals surface area (Å²) in [5.74, 6) is -0.847. The molecule has 1 heterocycles. The van der Waals surface area contributed by atoms with E-state index in [9.17, 15) is 4.79 Å². The van der Waals surface area contributed by atoms with Crippen molar-refractivity contribution in [2.75, 3.05) is 18.0 Å². The first-order valence-corrected chi connectivity index (χ1v) is 6.69. The molecule has 1 aromatic carbocycles. The SMILES string of the molecule is Cc1cc(C(=O)O)ccc1N1CC2(CCCC2)C1. The molecule has 2 aliphatic rings. The molecule has 1 aliphatic carbocycles. The molecule has 0 unspecified atom stereocenters. The second kappa shape index (κ2) is 4.01. The van der Waals surface area contributed by atoms with Gasteiger partial charge in [-0.15, -0.1) is 0 Å². The van der Waals surface area contributed by atoms with Crippen molar-refractivity contribution >= 4 is 11.7 Å². The van der Waals surface area contributed by atoms with Gasteiger partial charge in [0.2, 0.25) is 0 Å². The summed E-state index contributed by atoms with van der Waals surface area (Å²) in [6.45, 7) is 4.31. The molecule has 0 radical (unpaired) electrons. The molecule has 0 amide bonds. The highest BCUT2D eigenvalue weighted by atomic mass is 16.4. The Morgan fingerprint density at radius 1 is 1.28 bits per heavy atom. The van der Waals surface area contributed by atoms with Gasteiger partial charge in [0.25, 0.3) is 0 Å². The van der Waals surface area contributed by atoms with Crippen LogP contribution in [0, 0.1) is 12.3 Å². The van der Waals surface area contributed by atoms with Crippen LogP contribution in [0.3, 0.4) is 0 Å². The van der Waals surface area contributed by atoms with Crippen molar-refractivity contribution in [3.63, 3.8) is 0 Å². The van der Waals surface area contributed by atoms with E-state index < -0.39 is 5.97 Å². The Kier molecular flexibility index (Phi) is 2.58. The standard InChI is InChI=1S/C15H19NO2/c1-11-8-12(14(17)18)4-5-13(11)16-9-15(10-16)6-2-3-7-15/h4-5,8H,2-3,6-7,9-10H2,1H3,(H,17,18). The van der Waals surface area contributed by atoms with E-state index in [-0.39, 0.29) is 0 Å². The van der Waals surface area contributed by atoms with Gasteiger partial charge in [0.1, 0.15) is 0 Å². The molecule has 0 atom stereocenters. The van der Waals surface area contributed by atoms with Crippen molar-refractivity contribution in [1.29, 1.82) is 0 Å². The predicted molar refractivity (Wildman–Crippen MR) is 71.3 cm³/mol. The van der Waals surface area contributed by atoms with Gasteiger partial charge in [0.05, 0.1) is 5.56 Å². The van der Waals surface area contributed by atoms with E-state index >= 15 is 0 Å². The van der Waals surface area contributed by atoms with Gasteiger partial charge in [0.15, 0.2) is 0 Å². The fourth-order valence-corrected chi connectivity index (χ4v) is 3.52. The molecule has 18 heavy (non-hydrogen) atoms. The summed E-state index contributed by atoms with van der Waals surface area (Å²) in [5.41, 5.74) is 3.24. The lowest BCUT2D eigenvalue weighted by Crippen LogP contribution is -2.55. The monoisotopic (exact) mass is 245 g/mol. The maximum atomic E-state index is 10.9. The van der Waals surface area contributed by atoms with Gasteiger partial charge in [-0.3, -0.25) is 0 Å². The molecular weight excluding hydrogens is 226 g/mol. The van der Waals surface area contributed by atoms with E-state index in [1.807, 2.05) is 13.0 Å². The molecule has 1 saturated heterocycles. The van der Waals surface area contributed by atoms with Crippen molar-refractivity contribution < 1.29 is 9.90 Å². The van der Waals surface area contributed by atoms with Crippen LogP contribution in [0.1, 0.15) is 41.6 Å². The lowest BCUT2D eigenvalue weighted by atomic mass is 9.78. The minimum Gasteiger partial charge on any atom is -0.478 e. The van der Waals surface area contributed by atoms with Crippen LogP contribution < -0.4 is 4.90 Å². The van der Waals surface area contributed by atoms with Gasteiger partial charge < -0.3 is 10.0 Å². The minimum atomic E-state index is -0.847. The van der Waals surface area contributed by atoms with E-state index in [1.54, 1.807) is 12.1 Å². The molecular formula is C15H19NO2. The molecule has 3 nitrogen and oxygen atoms in total. The van der Waals surface area contributed by atoms with E-state index in [0.717, 1.165) is 18.7 Å². The van der Waals surface area contributed by atoms with Crippen molar-refractivity contribution in [1.82, 2.24) is 0 Å². The lowest BCUT2D eigenvalue weighted by molar-refractivity contribution is 0.0697. The fourth-order valence-electron chi connectivity index (χ4n) is 3.52. The topological polar surface area (TPSA) is 40.5 Å². The number of hydrogen-bond acceptors (Lipinski definition) is 2. The molecule has 3 rings (SSSR count). The molecule has 2 fully saturated rings. The van der Waals surface area contributed by atoms with E-state index in [4.69, 9.17) is 5.11 Å². The number of benzene rings is 1. The van der Waals surface area contributed by atoms with Crippen molar-refractivity contribution in [3.8, 4) is 0 Å². The second-order valence-corrected chi connectivity index (χ2v) is 5.87. The Bertz CT molecular complexity index is 481. The third-order valence-corrected chi connectivity index (χ3v) is 4.50. The summed E-state index contributed by atoms with van der Waals surface area (Å²) in [6.07, 6.45) is 5.50. The summed E-state index contributed by atoms with van der Waals surface area (Å²) < 4.78 is 0. The highest BCUT2D eigenvalue weighted by Crippen LogP contribution is 2.47. The molecule has 1 saturated carbocycles. The predicted octanol–water partition coefficient (Wildman–Crippen LogP) is 3.07. The van der Waals surface area contributed by atoms with Crippen LogP contribution >= 0.6 is 0 Å². The number of carboxylic acids is 1. The maximum absolute atomic E-state index is 10.9. The summed E-state index contributed by atoms with van der Waals surface area (Å²) in [7, 11) is 0. The van der Waals surface area contributed by atoms with Crippen LogP contribution in [0.25, 0.3) is 0 Å². The summed E-state index contributed by atoms with van der Waals surface area (Å²) in [5, 5.41) is 8.96. The number of aryl methyl sites for hydroxylation is 1. The van der Waals surface area contributed by atoms with Gasteiger partial charge in [-0.05, 0) is 43.5 Å². The zero-order valence-electron chi connectivity index (χ0n) is 10.8. The third-order valence-electron chi connectivity index (χ3n) is 4.50. The van der Waals surface area contributed by atoms with E-state index in [0.29, 0.717) is 11.0 Å². The highest BCUT2D eigenvalue weighted by molar-refractivity contribution is 5.88. The number of carboxylic acid groups (broad SMARTS) is 1. The zero-order chi connectivity index (χ0) is 12.8. The van der Waals surface area contributed by atoms with Gasteiger partial charge in [0, 0.05) is 24.2 Å². The molecule has 3 heteroatoms. The quantitative estimate of drug-likeness (QED) is 0.870. The van der Waals surface area contributed by atoms with Crippen LogP contribution in [0.4, 0.5) is 5.69 Å². The molecule has 96 valence electrons. The number of carbonyl (C=O) groups is 1. The Labute approximate surface area is 107 Å². The molecule has 1 aliphatic heterocycles. The summed E-state index contributed by atoms with van der Waals surface area (Å²) in [4.78, 5) is 13.3. The molecule has 0 aromatic heterocycles. The maximum Gasteiger partial charge on any atom is 0.335 e. The Morgan fingerprint density at radius 3 is 2.50 bits per heavy atom. The number of anilines is 1. The first-order chi connectivity index (χ1) is 8.60. The van der Waals surface area contributed by atoms with Crippen molar-refractivity contribution in [3.05, 3.63) is 29.3 Å². The normalized spacial score (nSPS) is 21.1. The fraction of sp³-hybridized carbons (Fsp3) is 0.533. The molecule has 1 N–H and O–H groups in total. The first-order valence-electron chi connectivity index (χ1n) is 6.69. The summed E-state index contributed by atoms with van der Waals surface area (Å²) in [6, 6.07) is 5.45. The van der Waals surface area contributed by atoms with Crippen LogP contribution in [0.15, 0.2) is 18.2 Å². The van der Waals surface area contributed by atoms with Gasteiger partial charge >= 0.3 is 5.97 Å². The first kappa shape index (κ1) is 11.6. The zero-order valence-corrected chi connectivity index (χ0v) is 10.8. The number of aromatic carboxylic acids is 1. The van der Waals surface area contributed by atoms with E-state index in [2.05, 4.69) is 4.90 Å². The van der Waals surface area contributed by atoms with Gasteiger partial charge in [-0.25, -0.2) is 4.79 Å². The molecule has 1 spiro atoms. The molecule has 0 bridgehead atoms. The average Bonchev–Trinajstić information content (AvgIpc) is 2.76. The highest BCUT2D eigenvalue weighted by Gasteiger charge is 2.44.